The Morgan fingerprint density at radius 3 is 2.38 bits per heavy atom. The molecule has 0 saturated carbocycles. The highest BCUT2D eigenvalue weighted by Gasteiger charge is 2.30. The molecule has 0 atom stereocenters. The lowest BCUT2D eigenvalue weighted by Crippen LogP contribution is -2.07. The predicted molar refractivity (Wildman–Crippen MR) is 78.0 cm³/mol. The molecule has 0 aliphatic carbocycles. The van der Waals surface area contributed by atoms with Crippen LogP contribution in [0, 0.1) is 11.3 Å². The number of alkyl halides is 3. The van der Waals surface area contributed by atoms with Gasteiger partial charge in [-0.3, -0.25) is 0 Å². The van der Waals surface area contributed by atoms with E-state index in [0.717, 1.165) is 16.6 Å². The van der Waals surface area contributed by atoms with E-state index in [-0.39, 0.29) is 5.69 Å². The van der Waals surface area contributed by atoms with Crippen molar-refractivity contribution in [3.8, 4) is 6.07 Å². The number of nitrogen functional groups attached to an aromatic ring is 1. The van der Waals surface area contributed by atoms with Gasteiger partial charge in [0, 0.05) is 4.47 Å². The Bertz CT molecular complexity index is 720. The van der Waals surface area contributed by atoms with Crippen LogP contribution >= 0.6 is 15.9 Å². The zero-order valence-electron chi connectivity index (χ0n) is 10.5. The number of rotatable bonds is 2. The molecule has 2 aromatic carbocycles. The first-order valence-electron chi connectivity index (χ1n) is 5.74. The van der Waals surface area contributed by atoms with E-state index in [2.05, 4.69) is 21.2 Å². The molecule has 0 radical (unpaired) electrons. The summed E-state index contributed by atoms with van der Waals surface area (Å²) in [6.07, 6.45) is -4.44. The van der Waals surface area contributed by atoms with E-state index < -0.39 is 11.7 Å². The molecule has 0 amide bonds. The summed E-state index contributed by atoms with van der Waals surface area (Å²) < 4.78 is 38.4. The summed E-state index contributed by atoms with van der Waals surface area (Å²) in [5.74, 6) is 0. The van der Waals surface area contributed by atoms with E-state index in [0.29, 0.717) is 16.9 Å². The zero-order chi connectivity index (χ0) is 15.6. The van der Waals surface area contributed by atoms with Crippen LogP contribution in [0.25, 0.3) is 0 Å². The molecule has 3 N–H and O–H groups in total. The minimum atomic E-state index is -4.44. The number of nitrogens with one attached hydrogen (secondary N) is 1. The van der Waals surface area contributed by atoms with E-state index in [1.807, 2.05) is 6.07 Å². The van der Waals surface area contributed by atoms with Crippen molar-refractivity contribution in [2.45, 2.75) is 6.18 Å². The van der Waals surface area contributed by atoms with Crippen LogP contribution in [-0.2, 0) is 6.18 Å². The molecule has 0 aliphatic rings. The third-order valence-electron chi connectivity index (χ3n) is 2.75. The molecule has 7 heteroatoms. The highest BCUT2D eigenvalue weighted by atomic mass is 79.9. The molecule has 108 valence electrons. The fourth-order valence-corrected chi connectivity index (χ4v) is 2.08. The molecular weight excluding hydrogens is 347 g/mol. The van der Waals surface area contributed by atoms with Gasteiger partial charge in [0.15, 0.2) is 0 Å². The SMILES string of the molecule is N#Cc1ccc(Br)cc1Nc1ccc(C(F)(F)F)cc1N. The molecule has 0 aliphatic heterocycles. The lowest BCUT2D eigenvalue weighted by Gasteiger charge is -2.13. The van der Waals surface area contributed by atoms with Crippen LogP contribution in [0.4, 0.5) is 30.2 Å². The third-order valence-corrected chi connectivity index (χ3v) is 3.24. The van der Waals surface area contributed by atoms with Crippen molar-refractivity contribution in [2.24, 2.45) is 0 Å². The highest BCUT2D eigenvalue weighted by Crippen LogP contribution is 2.34. The van der Waals surface area contributed by atoms with Gasteiger partial charge in [-0.25, -0.2) is 0 Å². The van der Waals surface area contributed by atoms with Gasteiger partial charge in [-0.15, -0.1) is 0 Å². The minimum absolute atomic E-state index is 0.0475. The monoisotopic (exact) mass is 355 g/mol. The maximum atomic E-state index is 12.6. The van der Waals surface area contributed by atoms with Gasteiger partial charge in [-0.1, -0.05) is 15.9 Å². The Morgan fingerprint density at radius 1 is 1.10 bits per heavy atom. The summed E-state index contributed by atoms with van der Waals surface area (Å²) in [6, 6.07) is 9.95. The molecule has 2 rings (SSSR count). The largest absolute Gasteiger partial charge is 0.416 e. The van der Waals surface area contributed by atoms with E-state index in [1.165, 1.54) is 6.07 Å². The number of nitrogens with zero attached hydrogens (tertiary/aromatic N) is 1. The van der Waals surface area contributed by atoms with Crippen LogP contribution in [0.3, 0.4) is 0 Å². The molecule has 0 aromatic heterocycles. The molecule has 0 fully saturated rings. The molecule has 0 bridgehead atoms. The Hall–Kier alpha value is -2.20. The van der Waals surface area contributed by atoms with Gasteiger partial charge < -0.3 is 11.1 Å². The molecule has 0 heterocycles. The van der Waals surface area contributed by atoms with Gasteiger partial charge in [0.25, 0.3) is 0 Å². The van der Waals surface area contributed by atoms with Crippen molar-refractivity contribution < 1.29 is 13.2 Å². The first-order chi connectivity index (χ1) is 9.81. The van der Waals surface area contributed by atoms with E-state index >= 15 is 0 Å². The molecule has 0 spiro atoms. The van der Waals surface area contributed by atoms with Crippen molar-refractivity contribution in [1.29, 1.82) is 5.26 Å². The minimum Gasteiger partial charge on any atom is -0.397 e. The van der Waals surface area contributed by atoms with Crippen molar-refractivity contribution >= 4 is 33.0 Å². The second kappa shape index (κ2) is 5.66. The predicted octanol–water partition coefficient (Wildman–Crippen LogP) is 4.67. The fraction of sp³-hybridized carbons (Fsp3) is 0.0714. The number of hydrogen-bond donors (Lipinski definition) is 2. The summed E-state index contributed by atoms with van der Waals surface area (Å²) in [6.45, 7) is 0. The van der Waals surface area contributed by atoms with Crippen LogP contribution in [0.1, 0.15) is 11.1 Å². The van der Waals surface area contributed by atoms with Gasteiger partial charge in [0.05, 0.1) is 28.2 Å². The smallest absolute Gasteiger partial charge is 0.397 e. The van der Waals surface area contributed by atoms with Crippen LogP contribution in [0.5, 0.6) is 0 Å². The summed E-state index contributed by atoms with van der Waals surface area (Å²) >= 11 is 3.27. The van der Waals surface area contributed by atoms with E-state index in [1.54, 1.807) is 18.2 Å². The summed E-state index contributed by atoms with van der Waals surface area (Å²) in [4.78, 5) is 0. The second-order valence-corrected chi connectivity index (χ2v) is 5.14. The molecule has 0 saturated heterocycles. The second-order valence-electron chi connectivity index (χ2n) is 4.23. The quantitative estimate of drug-likeness (QED) is 0.769. The van der Waals surface area contributed by atoms with E-state index in [4.69, 9.17) is 11.0 Å². The lowest BCUT2D eigenvalue weighted by atomic mass is 10.1. The number of anilines is 3. The lowest BCUT2D eigenvalue weighted by molar-refractivity contribution is -0.137. The van der Waals surface area contributed by atoms with E-state index in [9.17, 15) is 13.2 Å². The summed E-state index contributed by atoms with van der Waals surface area (Å²) in [5, 5.41) is 11.9. The average molecular weight is 356 g/mol. The van der Waals surface area contributed by atoms with Crippen molar-refractivity contribution in [1.82, 2.24) is 0 Å². The van der Waals surface area contributed by atoms with Gasteiger partial charge in [-0.2, -0.15) is 18.4 Å². The molecule has 21 heavy (non-hydrogen) atoms. The number of hydrogen-bond acceptors (Lipinski definition) is 3. The van der Waals surface area contributed by atoms with Crippen molar-refractivity contribution in [3.05, 3.63) is 52.0 Å². The molecular formula is C14H9BrF3N3. The van der Waals surface area contributed by atoms with Crippen LogP contribution in [0.2, 0.25) is 0 Å². The Balaban J connectivity index is 2.37. The number of halogens is 4. The maximum absolute atomic E-state index is 12.6. The Kier molecular flexibility index (Phi) is 4.09. The van der Waals surface area contributed by atoms with Crippen molar-refractivity contribution in [2.75, 3.05) is 11.1 Å². The van der Waals surface area contributed by atoms with Gasteiger partial charge in [0.1, 0.15) is 6.07 Å². The van der Waals surface area contributed by atoms with Gasteiger partial charge in [0.2, 0.25) is 0 Å². The summed E-state index contributed by atoms with van der Waals surface area (Å²) in [5.41, 5.74) is 5.89. The molecule has 3 nitrogen and oxygen atoms in total. The van der Waals surface area contributed by atoms with Gasteiger partial charge in [-0.05, 0) is 36.4 Å². The third kappa shape index (κ3) is 3.47. The first-order valence-corrected chi connectivity index (χ1v) is 6.54. The van der Waals surface area contributed by atoms with Crippen LogP contribution < -0.4 is 11.1 Å². The maximum Gasteiger partial charge on any atom is 0.416 e. The number of benzene rings is 2. The number of nitrogens with two attached hydrogens (primary N) is 1. The Labute approximate surface area is 127 Å². The normalized spacial score (nSPS) is 11.0. The van der Waals surface area contributed by atoms with Crippen LogP contribution in [0.15, 0.2) is 40.9 Å². The number of nitriles is 1. The van der Waals surface area contributed by atoms with Crippen LogP contribution in [-0.4, -0.2) is 0 Å². The highest BCUT2D eigenvalue weighted by molar-refractivity contribution is 9.10. The topological polar surface area (TPSA) is 61.8 Å². The van der Waals surface area contributed by atoms with Crippen molar-refractivity contribution in [3.63, 3.8) is 0 Å². The zero-order valence-corrected chi connectivity index (χ0v) is 12.1. The first kappa shape index (κ1) is 15.2. The molecule has 0 unspecified atom stereocenters. The molecule has 2 aromatic rings. The summed E-state index contributed by atoms with van der Waals surface area (Å²) in [7, 11) is 0. The Morgan fingerprint density at radius 2 is 1.81 bits per heavy atom. The standard InChI is InChI=1S/C14H9BrF3N3/c15-10-3-1-8(7-19)13(6-10)21-12-4-2-9(5-11(12)20)14(16,17)18/h1-6,21H,20H2. The van der Waals surface area contributed by atoms with Gasteiger partial charge >= 0.3 is 6.18 Å². The average Bonchev–Trinajstić information content (AvgIpc) is 2.40. The fourth-order valence-electron chi connectivity index (χ4n) is 1.72.